The minimum Gasteiger partial charge on any atom is -0.311 e. The SMILES string of the molecule is Cc1cc2ncc(CNCCN(C)C)cn2n1. The maximum atomic E-state index is 4.37. The summed E-state index contributed by atoms with van der Waals surface area (Å²) >= 11 is 0. The number of fused-ring (bicyclic) bond motifs is 1. The maximum Gasteiger partial charge on any atom is 0.155 e. The molecular weight excluding hydrogens is 214 g/mol. The van der Waals surface area contributed by atoms with Gasteiger partial charge in [-0.1, -0.05) is 0 Å². The van der Waals surface area contributed by atoms with Gasteiger partial charge in [-0.2, -0.15) is 5.10 Å². The molecule has 2 heterocycles. The average molecular weight is 233 g/mol. The summed E-state index contributed by atoms with van der Waals surface area (Å²) < 4.78 is 1.83. The van der Waals surface area contributed by atoms with Gasteiger partial charge in [0.15, 0.2) is 5.65 Å². The van der Waals surface area contributed by atoms with E-state index >= 15 is 0 Å². The molecule has 0 aliphatic rings. The van der Waals surface area contributed by atoms with Crippen molar-refractivity contribution in [3.05, 3.63) is 29.7 Å². The standard InChI is InChI=1S/C12H19N5/c1-10-6-12-14-8-11(9-17(12)15-10)7-13-4-5-16(2)3/h6,8-9,13H,4-5,7H2,1-3H3. The van der Waals surface area contributed by atoms with Crippen molar-refractivity contribution in [3.63, 3.8) is 0 Å². The maximum absolute atomic E-state index is 4.37. The van der Waals surface area contributed by atoms with E-state index in [9.17, 15) is 0 Å². The van der Waals surface area contributed by atoms with Crippen LogP contribution in [0.3, 0.4) is 0 Å². The zero-order valence-electron chi connectivity index (χ0n) is 10.6. The molecule has 0 aromatic carbocycles. The third-order valence-corrected chi connectivity index (χ3v) is 2.55. The van der Waals surface area contributed by atoms with E-state index in [4.69, 9.17) is 0 Å². The Balaban J connectivity index is 1.94. The van der Waals surface area contributed by atoms with Gasteiger partial charge in [-0.15, -0.1) is 0 Å². The molecule has 2 aromatic heterocycles. The van der Waals surface area contributed by atoms with Crippen LogP contribution in [0.2, 0.25) is 0 Å². The lowest BCUT2D eigenvalue weighted by molar-refractivity contribution is 0.400. The highest BCUT2D eigenvalue weighted by Crippen LogP contribution is 2.04. The largest absolute Gasteiger partial charge is 0.311 e. The van der Waals surface area contributed by atoms with Gasteiger partial charge in [0, 0.05) is 43.7 Å². The predicted molar refractivity (Wildman–Crippen MR) is 68.0 cm³/mol. The smallest absolute Gasteiger partial charge is 0.155 e. The van der Waals surface area contributed by atoms with Gasteiger partial charge < -0.3 is 10.2 Å². The highest BCUT2D eigenvalue weighted by atomic mass is 15.2. The Morgan fingerprint density at radius 3 is 3.00 bits per heavy atom. The molecule has 0 radical (unpaired) electrons. The zero-order chi connectivity index (χ0) is 12.3. The summed E-state index contributed by atoms with van der Waals surface area (Å²) in [4.78, 5) is 6.52. The highest BCUT2D eigenvalue weighted by Gasteiger charge is 2.00. The van der Waals surface area contributed by atoms with Crippen molar-refractivity contribution in [2.75, 3.05) is 27.2 Å². The molecule has 0 aliphatic heterocycles. The lowest BCUT2D eigenvalue weighted by Gasteiger charge is -2.10. The fraction of sp³-hybridized carbons (Fsp3) is 0.500. The van der Waals surface area contributed by atoms with Gasteiger partial charge in [-0.25, -0.2) is 9.50 Å². The predicted octanol–water partition coefficient (Wildman–Crippen LogP) is 0.689. The first-order chi connectivity index (χ1) is 8.15. The first-order valence-corrected chi connectivity index (χ1v) is 5.81. The van der Waals surface area contributed by atoms with Gasteiger partial charge in [0.25, 0.3) is 0 Å². The van der Waals surface area contributed by atoms with E-state index in [-0.39, 0.29) is 0 Å². The van der Waals surface area contributed by atoms with Crippen LogP contribution in [-0.4, -0.2) is 46.7 Å². The van der Waals surface area contributed by atoms with Gasteiger partial charge in [0.1, 0.15) is 0 Å². The van der Waals surface area contributed by atoms with Crippen LogP contribution in [0.5, 0.6) is 0 Å². The molecule has 0 amide bonds. The molecule has 2 aromatic rings. The molecule has 0 fully saturated rings. The van der Waals surface area contributed by atoms with Crippen molar-refractivity contribution < 1.29 is 0 Å². The fourth-order valence-corrected chi connectivity index (χ4v) is 1.66. The molecule has 1 N–H and O–H groups in total. The van der Waals surface area contributed by atoms with Crippen LogP contribution in [0.1, 0.15) is 11.3 Å². The van der Waals surface area contributed by atoms with Crippen LogP contribution in [0.15, 0.2) is 18.5 Å². The zero-order valence-corrected chi connectivity index (χ0v) is 10.6. The van der Waals surface area contributed by atoms with Gasteiger partial charge >= 0.3 is 0 Å². The van der Waals surface area contributed by atoms with Crippen LogP contribution in [-0.2, 0) is 6.54 Å². The number of aromatic nitrogens is 3. The van der Waals surface area contributed by atoms with Crippen LogP contribution in [0.25, 0.3) is 5.65 Å². The van der Waals surface area contributed by atoms with Crippen LogP contribution < -0.4 is 5.32 Å². The first-order valence-electron chi connectivity index (χ1n) is 5.81. The monoisotopic (exact) mass is 233 g/mol. The van der Waals surface area contributed by atoms with Crippen molar-refractivity contribution in [1.82, 2.24) is 24.8 Å². The Labute approximate surface area is 101 Å². The summed E-state index contributed by atoms with van der Waals surface area (Å²) in [6.07, 6.45) is 3.93. The molecule has 17 heavy (non-hydrogen) atoms. The molecule has 0 aliphatic carbocycles. The summed E-state index contributed by atoms with van der Waals surface area (Å²) in [6, 6.07) is 1.98. The number of nitrogens with zero attached hydrogens (tertiary/aromatic N) is 4. The summed E-state index contributed by atoms with van der Waals surface area (Å²) in [6.45, 7) is 4.82. The lowest BCUT2D eigenvalue weighted by atomic mass is 10.3. The quantitative estimate of drug-likeness (QED) is 0.772. The molecule has 5 heteroatoms. The number of aryl methyl sites for hydroxylation is 1. The number of hydrogen-bond donors (Lipinski definition) is 1. The molecule has 5 nitrogen and oxygen atoms in total. The summed E-state index contributed by atoms with van der Waals surface area (Å²) in [7, 11) is 4.14. The van der Waals surface area contributed by atoms with E-state index in [1.54, 1.807) is 0 Å². The molecule has 0 saturated heterocycles. The Morgan fingerprint density at radius 1 is 1.41 bits per heavy atom. The van der Waals surface area contributed by atoms with Gasteiger partial charge in [-0.3, -0.25) is 0 Å². The highest BCUT2D eigenvalue weighted by molar-refractivity contribution is 5.38. The van der Waals surface area contributed by atoms with Crippen molar-refractivity contribution >= 4 is 5.65 Å². The molecular formula is C12H19N5. The molecule has 2 rings (SSSR count). The van der Waals surface area contributed by atoms with E-state index in [1.165, 1.54) is 0 Å². The van der Waals surface area contributed by atoms with E-state index in [0.717, 1.165) is 36.5 Å². The normalized spacial score (nSPS) is 11.5. The van der Waals surface area contributed by atoms with Gasteiger partial charge in [0.2, 0.25) is 0 Å². The second-order valence-electron chi connectivity index (χ2n) is 4.53. The lowest BCUT2D eigenvalue weighted by Crippen LogP contribution is -2.26. The Kier molecular flexibility index (Phi) is 3.71. The van der Waals surface area contributed by atoms with E-state index in [1.807, 2.05) is 29.9 Å². The summed E-state index contributed by atoms with van der Waals surface area (Å²) in [5.74, 6) is 0. The van der Waals surface area contributed by atoms with Crippen LogP contribution >= 0.6 is 0 Å². The first kappa shape index (κ1) is 12.0. The van der Waals surface area contributed by atoms with Crippen molar-refractivity contribution in [2.45, 2.75) is 13.5 Å². The minimum absolute atomic E-state index is 0.829. The van der Waals surface area contributed by atoms with Crippen LogP contribution in [0, 0.1) is 6.92 Å². The summed E-state index contributed by atoms with van der Waals surface area (Å²) in [5, 5.41) is 7.73. The fourth-order valence-electron chi connectivity index (χ4n) is 1.66. The summed E-state index contributed by atoms with van der Waals surface area (Å²) in [5.41, 5.74) is 3.05. The van der Waals surface area contributed by atoms with E-state index in [0.29, 0.717) is 0 Å². The topological polar surface area (TPSA) is 45.5 Å². The number of nitrogens with one attached hydrogen (secondary N) is 1. The molecule has 0 atom stereocenters. The van der Waals surface area contributed by atoms with Gasteiger partial charge in [-0.05, 0) is 21.0 Å². The van der Waals surface area contributed by atoms with Crippen molar-refractivity contribution in [3.8, 4) is 0 Å². The molecule has 0 unspecified atom stereocenters. The van der Waals surface area contributed by atoms with Crippen molar-refractivity contribution in [2.24, 2.45) is 0 Å². The van der Waals surface area contributed by atoms with E-state index in [2.05, 4.69) is 34.4 Å². The molecule has 0 spiro atoms. The molecule has 92 valence electrons. The van der Waals surface area contributed by atoms with E-state index < -0.39 is 0 Å². The van der Waals surface area contributed by atoms with Gasteiger partial charge in [0.05, 0.1) is 5.69 Å². The second-order valence-corrected chi connectivity index (χ2v) is 4.53. The number of likely N-dealkylation sites (N-methyl/N-ethyl adjacent to an activating group) is 1. The third kappa shape index (κ3) is 3.25. The number of rotatable bonds is 5. The number of hydrogen-bond acceptors (Lipinski definition) is 4. The minimum atomic E-state index is 0.829. The second kappa shape index (κ2) is 5.25. The average Bonchev–Trinajstić information content (AvgIpc) is 2.63. The Morgan fingerprint density at radius 2 is 2.24 bits per heavy atom. The molecule has 0 bridgehead atoms. The Bertz CT molecular complexity index is 489. The third-order valence-electron chi connectivity index (χ3n) is 2.55. The molecule has 0 saturated carbocycles. The Hall–Kier alpha value is -1.46. The van der Waals surface area contributed by atoms with Crippen LogP contribution in [0.4, 0.5) is 0 Å². The van der Waals surface area contributed by atoms with Crippen molar-refractivity contribution in [1.29, 1.82) is 0 Å².